The predicted molar refractivity (Wildman–Crippen MR) is 130 cm³/mol. The van der Waals surface area contributed by atoms with Crippen LogP contribution >= 0.6 is 0 Å². The normalized spacial score (nSPS) is 31.0. The molecular weight excluding hydrogens is 468 g/mol. The molecule has 4 atom stereocenters. The maximum Gasteiger partial charge on any atom is 0.255 e. The third kappa shape index (κ3) is 3.29. The van der Waals surface area contributed by atoms with Gasteiger partial charge in [-0.1, -0.05) is 26.0 Å². The highest BCUT2D eigenvalue weighted by Gasteiger charge is 2.73. The number of nitrogens with two attached hydrogens (primary N) is 2. The SMILES string of the molecule is CN(C=O)C[C@@H]1N=C(N)N2C[C@H](NC(=O)c3cccc4c3OCCC4(C)C)C(O)(O)[C@@]23NC(N)=N[C@@H]13. The van der Waals surface area contributed by atoms with E-state index >= 15 is 0 Å². The highest BCUT2D eigenvalue weighted by molar-refractivity contribution is 5.98. The molecule has 0 aliphatic carbocycles. The van der Waals surface area contributed by atoms with Gasteiger partial charge in [0.15, 0.2) is 17.6 Å². The van der Waals surface area contributed by atoms with Gasteiger partial charge >= 0.3 is 0 Å². The second-order valence-electron chi connectivity index (χ2n) is 10.5. The summed E-state index contributed by atoms with van der Waals surface area (Å²) in [7, 11) is 1.57. The number of aliphatic hydroxyl groups is 2. The van der Waals surface area contributed by atoms with Crippen molar-refractivity contribution in [1.82, 2.24) is 20.4 Å². The van der Waals surface area contributed by atoms with E-state index in [0.29, 0.717) is 24.3 Å². The highest BCUT2D eigenvalue weighted by atomic mass is 16.5. The fraction of sp³-hybridized carbons (Fsp3) is 0.565. The lowest BCUT2D eigenvalue weighted by molar-refractivity contribution is -0.230. The minimum absolute atomic E-state index is 0.0133. The lowest BCUT2D eigenvalue weighted by Gasteiger charge is -2.49. The zero-order valence-corrected chi connectivity index (χ0v) is 20.4. The van der Waals surface area contributed by atoms with Crippen LogP contribution in [0.15, 0.2) is 28.2 Å². The molecular formula is C23H32N8O5. The molecule has 13 heteroatoms. The molecule has 4 heterocycles. The molecule has 4 aliphatic heterocycles. The number of hydrogen-bond donors (Lipinski definition) is 6. The third-order valence-corrected chi connectivity index (χ3v) is 7.72. The van der Waals surface area contributed by atoms with E-state index in [0.717, 1.165) is 12.0 Å². The smallest absolute Gasteiger partial charge is 0.255 e. The molecule has 1 fully saturated rings. The van der Waals surface area contributed by atoms with E-state index in [1.54, 1.807) is 19.2 Å². The molecule has 13 nitrogen and oxygen atoms in total. The van der Waals surface area contributed by atoms with Crippen LogP contribution < -0.4 is 26.8 Å². The Hall–Kier alpha value is -3.58. The standard InChI is InChI=1S/C23H32N8O5/c1-21(2)7-8-36-16-12(5-4-6-13(16)21)18(33)27-15-10-31-20(25)26-14(9-30(3)11-32)17-22(31,23(15,34)35)29-19(24)28-17/h4-6,11,14-15,17,34-35H,7-10H2,1-3H3,(H2,25,26)(H,27,33)(H3,24,28,29)/t14-,15-,17-,22-/m0/s1. The fourth-order valence-electron chi connectivity index (χ4n) is 5.76. The Morgan fingerprint density at radius 3 is 2.83 bits per heavy atom. The molecule has 4 aliphatic rings. The van der Waals surface area contributed by atoms with E-state index in [1.165, 1.54) is 9.80 Å². The van der Waals surface area contributed by atoms with E-state index in [9.17, 15) is 19.8 Å². The van der Waals surface area contributed by atoms with Gasteiger partial charge in [-0.05, 0) is 17.9 Å². The van der Waals surface area contributed by atoms with E-state index in [1.807, 2.05) is 6.07 Å². The molecule has 0 radical (unpaired) electrons. The maximum absolute atomic E-state index is 13.4. The van der Waals surface area contributed by atoms with Crippen LogP contribution in [0, 0.1) is 0 Å². The Bertz CT molecular complexity index is 1170. The van der Waals surface area contributed by atoms with Crippen molar-refractivity contribution >= 4 is 24.2 Å². The van der Waals surface area contributed by atoms with Gasteiger partial charge in [0.25, 0.3) is 5.91 Å². The Morgan fingerprint density at radius 2 is 2.11 bits per heavy atom. The Kier molecular flexibility index (Phi) is 5.34. The number of likely N-dealkylation sites (N-methyl/N-ethyl adjacent to an activating group) is 1. The molecule has 0 bridgehead atoms. The topological polar surface area (TPSA) is 191 Å². The van der Waals surface area contributed by atoms with Crippen LogP contribution in [0.3, 0.4) is 0 Å². The average molecular weight is 501 g/mol. The van der Waals surface area contributed by atoms with Gasteiger partial charge in [0.2, 0.25) is 12.2 Å². The first kappa shape index (κ1) is 24.1. The summed E-state index contributed by atoms with van der Waals surface area (Å²) in [6.45, 7) is 4.71. The predicted octanol–water partition coefficient (Wildman–Crippen LogP) is -2.39. The molecule has 1 aromatic carbocycles. The zero-order chi connectivity index (χ0) is 26.0. The lowest BCUT2D eigenvalue weighted by atomic mass is 9.79. The van der Waals surface area contributed by atoms with Gasteiger partial charge in [-0.3, -0.25) is 9.59 Å². The number of ether oxygens (including phenoxy) is 1. The molecule has 1 saturated heterocycles. The van der Waals surface area contributed by atoms with Crippen molar-refractivity contribution in [1.29, 1.82) is 0 Å². The van der Waals surface area contributed by atoms with Crippen LogP contribution in [0.4, 0.5) is 0 Å². The molecule has 1 spiro atoms. The third-order valence-electron chi connectivity index (χ3n) is 7.72. The first-order chi connectivity index (χ1) is 16.9. The quantitative estimate of drug-likeness (QED) is 0.189. The molecule has 36 heavy (non-hydrogen) atoms. The minimum Gasteiger partial charge on any atom is -0.492 e. The molecule has 0 saturated carbocycles. The van der Waals surface area contributed by atoms with Crippen LogP contribution in [-0.2, 0) is 10.2 Å². The summed E-state index contributed by atoms with van der Waals surface area (Å²) in [5.74, 6) is -2.61. The van der Waals surface area contributed by atoms with Crippen molar-refractivity contribution in [3.05, 3.63) is 29.3 Å². The van der Waals surface area contributed by atoms with Crippen LogP contribution in [0.25, 0.3) is 0 Å². The molecule has 194 valence electrons. The van der Waals surface area contributed by atoms with Gasteiger partial charge in [0.1, 0.15) is 17.8 Å². The number of hydrogen-bond acceptors (Lipinski definition) is 11. The van der Waals surface area contributed by atoms with E-state index in [2.05, 4.69) is 34.5 Å². The summed E-state index contributed by atoms with van der Waals surface area (Å²) < 4.78 is 5.87. The van der Waals surface area contributed by atoms with Crippen molar-refractivity contribution in [3.63, 3.8) is 0 Å². The Balaban J connectivity index is 1.47. The number of carbonyl (C=O) groups excluding carboxylic acids is 2. The number of benzene rings is 1. The van der Waals surface area contributed by atoms with E-state index < -0.39 is 35.5 Å². The Labute approximate surface area is 208 Å². The van der Waals surface area contributed by atoms with Gasteiger partial charge in [0, 0.05) is 25.7 Å². The lowest BCUT2D eigenvalue weighted by Crippen LogP contribution is -2.78. The number of nitrogens with one attached hydrogen (secondary N) is 2. The number of guanidine groups is 2. The Morgan fingerprint density at radius 1 is 1.36 bits per heavy atom. The monoisotopic (exact) mass is 500 g/mol. The number of fused-ring (bicyclic) bond motifs is 1. The molecule has 8 N–H and O–H groups in total. The van der Waals surface area contributed by atoms with Crippen molar-refractivity contribution in [3.8, 4) is 5.75 Å². The molecule has 5 rings (SSSR count). The van der Waals surface area contributed by atoms with Crippen molar-refractivity contribution < 1.29 is 24.5 Å². The van der Waals surface area contributed by atoms with Crippen molar-refractivity contribution in [2.75, 3.05) is 26.7 Å². The number of rotatable bonds is 5. The molecule has 0 aromatic heterocycles. The minimum atomic E-state index is -2.56. The fourth-order valence-corrected chi connectivity index (χ4v) is 5.76. The van der Waals surface area contributed by atoms with Crippen LogP contribution in [-0.4, -0.2) is 101 Å². The summed E-state index contributed by atoms with van der Waals surface area (Å²) in [4.78, 5) is 36.3. The average Bonchev–Trinajstić information content (AvgIpc) is 3.28. The number of carbonyl (C=O) groups is 2. The maximum atomic E-state index is 13.4. The van der Waals surface area contributed by atoms with E-state index in [-0.39, 0.29) is 30.4 Å². The van der Waals surface area contributed by atoms with Crippen molar-refractivity contribution in [2.24, 2.45) is 21.5 Å². The summed E-state index contributed by atoms with van der Waals surface area (Å²) in [6.07, 6.45) is 1.45. The van der Waals surface area contributed by atoms with Gasteiger partial charge in [0.05, 0.1) is 18.2 Å². The zero-order valence-electron chi connectivity index (χ0n) is 20.4. The van der Waals surface area contributed by atoms with Crippen LogP contribution in [0.1, 0.15) is 36.2 Å². The van der Waals surface area contributed by atoms with Gasteiger partial charge < -0.3 is 46.9 Å². The molecule has 1 aromatic rings. The summed E-state index contributed by atoms with van der Waals surface area (Å²) in [5, 5.41) is 28.8. The number of nitrogens with zero attached hydrogens (tertiary/aromatic N) is 4. The number of para-hydroxylation sites is 1. The molecule has 2 amide bonds. The number of aliphatic imine (C=N–C) groups is 2. The first-order valence-corrected chi connectivity index (χ1v) is 11.8. The molecule has 0 unspecified atom stereocenters. The van der Waals surface area contributed by atoms with Crippen LogP contribution in [0.5, 0.6) is 5.75 Å². The van der Waals surface area contributed by atoms with Gasteiger partial charge in [-0.2, -0.15) is 0 Å². The summed E-state index contributed by atoms with van der Waals surface area (Å²) >= 11 is 0. The largest absolute Gasteiger partial charge is 0.492 e. The van der Waals surface area contributed by atoms with Crippen LogP contribution in [0.2, 0.25) is 0 Å². The number of amides is 2. The van der Waals surface area contributed by atoms with Crippen molar-refractivity contribution in [2.45, 2.75) is 55.3 Å². The van der Waals surface area contributed by atoms with Gasteiger partial charge in [-0.25, -0.2) is 9.98 Å². The second-order valence-corrected chi connectivity index (χ2v) is 10.5. The highest BCUT2D eigenvalue weighted by Crippen LogP contribution is 2.45. The summed E-state index contributed by atoms with van der Waals surface area (Å²) in [6, 6.07) is 2.58. The van der Waals surface area contributed by atoms with Gasteiger partial charge in [-0.15, -0.1) is 0 Å². The van der Waals surface area contributed by atoms with E-state index in [4.69, 9.17) is 16.2 Å². The first-order valence-electron chi connectivity index (χ1n) is 11.8. The second kappa shape index (κ2) is 7.96. The summed E-state index contributed by atoms with van der Waals surface area (Å²) in [5.41, 5.74) is 11.6.